The molecule has 4 N–H and O–H groups in total. The van der Waals surface area contributed by atoms with Gasteiger partial charge in [0.25, 0.3) is 0 Å². The van der Waals surface area contributed by atoms with Crippen LogP contribution in [0.4, 0.5) is 0 Å². The number of amides is 1. The molecule has 0 saturated heterocycles. The summed E-state index contributed by atoms with van der Waals surface area (Å²) in [6.45, 7) is 0.407. The van der Waals surface area contributed by atoms with Crippen molar-refractivity contribution in [1.29, 1.82) is 0 Å². The van der Waals surface area contributed by atoms with E-state index in [9.17, 15) is 15.0 Å². The molecule has 5 heteroatoms. The molecule has 0 bridgehead atoms. The Morgan fingerprint density at radius 2 is 1.82 bits per heavy atom. The predicted molar refractivity (Wildman–Crippen MR) is 82.0 cm³/mol. The minimum Gasteiger partial charge on any atom is -0.489 e. The topological polar surface area (TPSA) is 92.8 Å². The number of carbonyl (C=O) groups excluding carboxylic acids is 1. The van der Waals surface area contributed by atoms with E-state index in [0.29, 0.717) is 17.9 Å². The molecule has 2 aromatic rings. The van der Waals surface area contributed by atoms with Gasteiger partial charge in [0.1, 0.15) is 18.5 Å². The summed E-state index contributed by atoms with van der Waals surface area (Å²) >= 11 is 0. The van der Waals surface area contributed by atoms with Crippen LogP contribution in [-0.2, 0) is 11.4 Å². The minimum atomic E-state index is -1.23. The van der Waals surface area contributed by atoms with Crippen LogP contribution in [0.3, 0.4) is 0 Å². The summed E-state index contributed by atoms with van der Waals surface area (Å²) in [7, 11) is 0. The number of rotatable bonds is 7. The third kappa shape index (κ3) is 4.58. The lowest BCUT2D eigenvalue weighted by Crippen LogP contribution is -2.25. The lowest BCUT2D eigenvalue weighted by molar-refractivity contribution is -0.121. The van der Waals surface area contributed by atoms with Crippen molar-refractivity contribution in [3.63, 3.8) is 0 Å². The first-order valence-corrected chi connectivity index (χ1v) is 6.97. The largest absolute Gasteiger partial charge is 0.489 e. The molecule has 0 saturated carbocycles. The molecular weight excluding hydrogens is 282 g/mol. The number of carbonyl (C=O) groups is 1. The molecular formula is C17H19NO4. The molecule has 5 nitrogen and oxygen atoms in total. The monoisotopic (exact) mass is 301 g/mol. The van der Waals surface area contributed by atoms with Gasteiger partial charge in [-0.2, -0.15) is 0 Å². The quantitative estimate of drug-likeness (QED) is 0.723. The number of aliphatic hydroxyl groups is 2. The average molecular weight is 301 g/mol. The number of hydrogen-bond donors (Lipinski definition) is 3. The average Bonchev–Trinajstić information content (AvgIpc) is 2.53. The second-order valence-electron chi connectivity index (χ2n) is 5.03. The van der Waals surface area contributed by atoms with Crippen LogP contribution < -0.4 is 10.5 Å². The maximum Gasteiger partial charge on any atom is 0.220 e. The first-order valence-electron chi connectivity index (χ1n) is 6.97. The number of hydrogen-bond acceptors (Lipinski definition) is 4. The summed E-state index contributed by atoms with van der Waals surface area (Å²) in [5, 5.41) is 19.8. The molecule has 0 aromatic heterocycles. The summed E-state index contributed by atoms with van der Waals surface area (Å²) in [6, 6.07) is 16.5. The molecule has 0 aliphatic rings. The van der Waals surface area contributed by atoms with E-state index in [1.807, 2.05) is 30.3 Å². The summed E-state index contributed by atoms with van der Waals surface area (Å²) in [6.07, 6.45) is -2.72. The first-order chi connectivity index (χ1) is 10.6. The van der Waals surface area contributed by atoms with E-state index in [2.05, 4.69) is 0 Å². The van der Waals surface area contributed by atoms with Gasteiger partial charge in [0.05, 0.1) is 12.5 Å². The fourth-order valence-corrected chi connectivity index (χ4v) is 2.07. The van der Waals surface area contributed by atoms with Crippen molar-refractivity contribution in [2.75, 3.05) is 0 Å². The highest BCUT2D eigenvalue weighted by Crippen LogP contribution is 2.23. The zero-order valence-electron chi connectivity index (χ0n) is 12.1. The Kier molecular flexibility index (Phi) is 5.52. The van der Waals surface area contributed by atoms with Crippen molar-refractivity contribution in [2.45, 2.75) is 25.2 Å². The molecule has 0 heterocycles. The van der Waals surface area contributed by atoms with E-state index >= 15 is 0 Å². The molecule has 2 aromatic carbocycles. The molecule has 2 atom stereocenters. The van der Waals surface area contributed by atoms with E-state index in [-0.39, 0.29) is 6.42 Å². The fourth-order valence-electron chi connectivity index (χ4n) is 2.07. The van der Waals surface area contributed by atoms with Crippen molar-refractivity contribution in [1.82, 2.24) is 0 Å². The normalized spacial score (nSPS) is 13.4. The Morgan fingerprint density at radius 1 is 1.09 bits per heavy atom. The van der Waals surface area contributed by atoms with E-state index in [1.165, 1.54) is 0 Å². The zero-order chi connectivity index (χ0) is 15.9. The molecule has 2 unspecified atom stereocenters. The van der Waals surface area contributed by atoms with Crippen molar-refractivity contribution in [2.24, 2.45) is 5.73 Å². The Labute approximate surface area is 129 Å². The maximum atomic E-state index is 10.8. The fraction of sp³-hybridized carbons (Fsp3) is 0.235. The third-order valence-corrected chi connectivity index (χ3v) is 3.22. The van der Waals surface area contributed by atoms with E-state index in [1.54, 1.807) is 24.3 Å². The molecule has 2 rings (SSSR count). The first kappa shape index (κ1) is 16.0. The molecule has 0 aliphatic carbocycles. The highest BCUT2D eigenvalue weighted by atomic mass is 16.5. The lowest BCUT2D eigenvalue weighted by Gasteiger charge is -2.17. The van der Waals surface area contributed by atoms with Crippen molar-refractivity contribution < 1.29 is 19.7 Å². The van der Waals surface area contributed by atoms with Crippen molar-refractivity contribution >= 4 is 5.91 Å². The summed E-state index contributed by atoms with van der Waals surface area (Å²) in [5.41, 5.74) is 6.52. The van der Waals surface area contributed by atoms with E-state index in [4.69, 9.17) is 10.5 Å². The molecule has 1 amide bonds. The molecule has 0 spiro atoms. The molecule has 0 fully saturated rings. The molecule has 116 valence electrons. The number of nitrogens with two attached hydrogens (primary N) is 1. The van der Waals surface area contributed by atoms with Gasteiger partial charge in [-0.05, 0) is 23.3 Å². The number of ether oxygens (including phenoxy) is 1. The minimum absolute atomic E-state index is 0.295. The lowest BCUT2D eigenvalue weighted by atomic mass is 10.0. The number of primary amides is 1. The van der Waals surface area contributed by atoms with Gasteiger partial charge in [0.2, 0.25) is 5.91 Å². The van der Waals surface area contributed by atoms with Crippen LogP contribution in [-0.4, -0.2) is 22.2 Å². The number of benzene rings is 2. The van der Waals surface area contributed by atoms with Crippen LogP contribution in [0.2, 0.25) is 0 Å². The molecule has 0 radical (unpaired) electrons. The van der Waals surface area contributed by atoms with Gasteiger partial charge in [-0.1, -0.05) is 42.5 Å². The van der Waals surface area contributed by atoms with Crippen LogP contribution in [0.1, 0.15) is 23.7 Å². The van der Waals surface area contributed by atoms with Gasteiger partial charge < -0.3 is 20.7 Å². The van der Waals surface area contributed by atoms with E-state index < -0.39 is 18.1 Å². The Bertz CT molecular complexity index is 615. The third-order valence-electron chi connectivity index (χ3n) is 3.22. The van der Waals surface area contributed by atoms with Gasteiger partial charge in [0, 0.05) is 0 Å². The predicted octanol–water partition coefficient (Wildman–Crippen LogP) is 1.54. The van der Waals surface area contributed by atoms with Gasteiger partial charge in [0.15, 0.2) is 0 Å². The van der Waals surface area contributed by atoms with Crippen LogP contribution in [0.5, 0.6) is 5.75 Å². The smallest absolute Gasteiger partial charge is 0.220 e. The van der Waals surface area contributed by atoms with Crippen molar-refractivity contribution in [3.05, 3.63) is 65.7 Å². The zero-order valence-corrected chi connectivity index (χ0v) is 12.1. The second kappa shape index (κ2) is 7.59. The van der Waals surface area contributed by atoms with Crippen LogP contribution >= 0.6 is 0 Å². The van der Waals surface area contributed by atoms with Crippen LogP contribution in [0.25, 0.3) is 0 Å². The molecule has 22 heavy (non-hydrogen) atoms. The SMILES string of the molecule is NC(=O)CC(O)C(O)c1cccc(OCc2ccccc2)c1. The van der Waals surface area contributed by atoms with Gasteiger partial charge >= 0.3 is 0 Å². The van der Waals surface area contributed by atoms with Crippen LogP contribution in [0, 0.1) is 0 Å². The number of aliphatic hydroxyl groups excluding tert-OH is 2. The standard InChI is InChI=1S/C17H19NO4/c18-16(20)10-15(19)17(21)13-7-4-8-14(9-13)22-11-12-5-2-1-3-6-12/h1-9,15,17,19,21H,10-11H2,(H2,18,20). The van der Waals surface area contributed by atoms with Gasteiger partial charge in [-0.25, -0.2) is 0 Å². The van der Waals surface area contributed by atoms with Gasteiger partial charge in [-0.3, -0.25) is 4.79 Å². The van der Waals surface area contributed by atoms with Crippen LogP contribution in [0.15, 0.2) is 54.6 Å². The highest BCUT2D eigenvalue weighted by Gasteiger charge is 2.20. The Balaban J connectivity index is 2.01. The summed E-state index contributed by atoms with van der Waals surface area (Å²) < 4.78 is 5.66. The van der Waals surface area contributed by atoms with E-state index in [0.717, 1.165) is 5.56 Å². The second-order valence-corrected chi connectivity index (χ2v) is 5.03. The summed E-state index contributed by atoms with van der Waals surface area (Å²) in [4.78, 5) is 10.8. The Hall–Kier alpha value is -2.37. The highest BCUT2D eigenvalue weighted by molar-refractivity contribution is 5.74. The Morgan fingerprint density at radius 3 is 2.50 bits per heavy atom. The maximum absolute atomic E-state index is 10.8. The molecule has 0 aliphatic heterocycles. The van der Waals surface area contributed by atoms with Gasteiger partial charge in [-0.15, -0.1) is 0 Å². The summed E-state index contributed by atoms with van der Waals surface area (Å²) in [5.74, 6) is -0.0882. The van der Waals surface area contributed by atoms with Crippen molar-refractivity contribution in [3.8, 4) is 5.75 Å².